The second kappa shape index (κ2) is 9.40. The van der Waals surface area contributed by atoms with E-state index in [-0.39, 0.29) is 29.5 Å². The topological polar surface area (TPSA) is 87.9 Å². The molecule has 0 spiro atoms. The maximum atomic E-state index is 12.9. The molecule has 1 aromatic heterocycles. The monoisotopic (exact) mass is 412 g/mol. The van der Waals surface area contributed by atoms with Crippen molar-refractivity contribution in [3.63, 3.8) is 0 Å². The highest BCUT2D eigenvalue weighted by Gasteiger charge is 2.31. The van der Waals surface area contributed by atoms with Crippen LogP contribution in [0.3, 0.4) is 0 Å². The van der Waals surface area contributed by atoms with E-state index in [0.29, 0.717) is 45.2 Å². The molecule has 160 valence electrons. The number of likely N-dealkylation sites (tertiary alicyclic amines) is 1. The van der Waals surface area contributed by atoms with Crippen molar-refractivity contribution in [2.75, 3.05) is 46.4 Å². The van der Waals surface area contributed by atoms with Gasteiger partial charge in [-0.15, -0.1) is 0 Å². The van der Waals surface area contributed by atoms with Gasteiger partial charge in [0.1, 0.15) is 0 Å². The number of amides is 2. The number of morpholine rings is 1. The van der Waals surface area contributed by atoms with Crippen LogP contribution < -0.4 is 5.32 Å². The third kappa shape index (κ3) is 4.88. The molecule has 0 unspecified atom stereocenters. The molecule has 2 fully saturated rings. The average molecular weight is 412 g/mol. The van der Waals surface area contributed by atoms with E-state index in [9.17, 15) is 9.59 Å². The second-order valence-corrected chi connectivity index (χ2v) is 8.05. The van der Waals surface area contributed by atoms with E-state index in [1.165, 1.54) is 0 Å². The molecule has 0 bridgehead atoms. The highest BCUT2D eigenvalue weighted by atomic mass is 16.5. The fourth-order valence-electron chi connectivity index (χ4n) is 4.15. The van der Waals surface area contributed by atoms with E-state index in [0.717, 1.165) is 18.4 Å². The average Bonchev–Trinajstić information content (AvgIpc) is 3.20. The summed E-state index contributed by atoms with van der Waals surface area (Å²) in [5.74, 6) is 0.458. The minimum Gasteiger partial charge on any atom is -0.378 e. The van der Waals surface area contributed by atoms with Crippen LogP contribution in [0.2, 0.25) is 0 Å². The summed E-state index contributed by atoms with van der Waals surface area (Å²) in [6, 6.07) is 11.2. The zero-order valence-corrected chi connectivity index (χ0v) is 17.3. The number of nitrogens with one attached hydrogen (secondary N) is 1. The SMILES string of the molecule is CN1C[C@@H](NC(=O)c2cc(-c3ccccc3)on2)CC[C@@H](C(=O)N2CCOCC2)C1. The molecule has 2 atom stereocenters. The quantitative estimate of drug-likeness (QED) is 0.822. The van der Waals surface area contributed by atoms with Crippen molar-refractivity contribution in [1.82, 2.24) is 20.3 Å². The Hall–Kier alpha value is -2.71. The Balaban J connectivity index is 1.35. The van der Waals surface area contributed by atoms with Gasteiger partial charge in [0.25, 0.3) is 5.91 Å². The molecule has 0 saturated carbocycles. The molecule has 2 aromatic rings. The molecule has 8 nitrogen and oxygen atoms in total. The first-order valence-corrected chi connectivity index (χ1v) is 10.5. The molecule has 2 saturated heterocycles. The van der Waals surface area contributed by atoms with Crippen molar-refractivity contribution in [1.29, 1.82) is 0 Å². The van der Waals surface area contributed by atoms with Gasteiger partial charge in [0.05, 0.1) is 19.1 Å². The van der Waals surface area contributed by atoms with E-state index in [4.69, 9.17) is 9.26 Å². The zero-order valence-electron chi connectivity index (χ0n) is 17.3. The highest BCUT2D eigenvalue weighted by molar-refractivity contribution is 5.93. The molecule has 30 heavy (non-hydrogen) atoms. The molecule has 3 heterocycles. The fourth-order valence-corrected chi connectivity index (χ4v) is 4.15. The molecule has 0 aliphatic carbocycles. The third-order valence-electron chi connectivity index (χ3n) is 5.74. The van der Waals surface area contributed by atoms with Crippen molar-refractivity contribution in [2.24, 2.45) is 5.92 Å². The molecule has 4 rings (SSSR count). The van der Waals surface area contributed by atoms with E-state index < -0.39 is 0 Å². The predicted molar refractivity (Wildman–Crippen MR) is 111 cm³/mol. The molecule has 1 N–H and O–H groups in total. The van der Waals surface area contributed by atoms with E-state index in [1.807, 2.05) is 42.3 Å². The maximum Gasteiger partial charge on any atom is 0.273 e. The Morgan fingerprint density at radius 2 is 1.87 bits per heavy atom. The van der Waals surface area contributed by atoms with Crippen LogP contribution in [0, 0.1) is 5.92 Å². The van der Waals surface area contributed by atoms with Gasteiger partial charge in [0, 0.05) is 43.9 Å². The van der Waals surface area contributed by atoms with Crippen molar-refractivity contribution in [3.05, 3.63) is 42.1 Å². The molecule has 2 aliphatic rings. The fraction of sp³-hybridized carbons (Fsp3) is 0.500. The van der Waals surface area contributed by atoms with Crippen LogP contribution in [-0.2, 0) is 9.53 Å². The lowest BCUT2D eigenvalue weighted by atomic mass is 10.00. The molecular formula is C22H28N4O4. The van der Waals surface area contributed by atoms with Crippen LogP contribution in [0.4, 0.5) is 0 Å². The smallest absolute Gasteiger partial charge is 0.273 e. The summed E-state index contributed by atoms with van der Waals surface area (Å²) in [7, 11) is 1.99. The first-order chi connectivity index (χ1) is 14.6. The highest BCUT2D eigenvalue weighted by Crippen LogP contribution is 2.21. The van der Waals surface area contributed by atoms with Crippen LogP contribution in [0.5, 0.6) is 0 Å². The molecule has 2 amide bonds. The minimum absolute atomic E-state index is 0.0399. The zero-order chi connectivity index (χ0) is 20.9. The molecule has 1 aromatic carbocycles. The standard InChI is InChI=1S/C22H28N4O4/c1-25-14-17(22(28)26-9-11-29-12-10-26)7-8-18(15-25)23-21(27)19-13-20(30-24-19)16-5-3-2-4-6-16/h2-6,13,17-18H,7-12,14-15H2,1H3,(H,23,27)/t17-,18+/m1/s1. The number of carbonyl (C=O) groups excluding carboxylic acids is 2. The Morgan fingerprint density at radius 3 is 2.63 bits per heavy atom. The van der Waals surface area contributed by atoms with Gasteiger partial charge >= 0.3 is 0 Å². The summed E-state index contributed by atoms with van der Waals surface area (Å²) < 4.78 is 10.7. The predicted octanol–water partition coefficient (Wildman–Crippen LogP) is 1.64. The van der Waals surface area contributed by atoms with Crippen LogP contribution in [0.15, 0.2) is 40.9 Å². The number of rotatable bonds is 4. The van der Waals surface area contributed by atoms with Gasteiger partial charge < -0.3 is 24.4 Å². The summed E-state index contributed by atoms with van der Waals surface area (Å²) in [6.07, 6.45) is 1.50. The maximum absolute atomic E-state index is 12.9. The van der Waals surface area contributed by atoms with Gasteiger partial charge in [-0.05, 0) is 19.9 Å². The van der Waals surface area contributed by atoms with E-state index >= 15 is 0 Å². The Bertz CT molecular complexity index is 863. The lowest BCUT2D eigenvalue weighted by Gasteiger charge is -2.31. The van der Waals surface area contributed by atoms with E-state index in [1.54, 1.807) is 6.07 Å². The van der Waals surface area contributed by atoms with Gasteiger partial charge in [-0.1, -0.05) is 35.5 Å². The lowest BCUT2D eigenvalue weighted by molar-refractivity contribution is -0.140. The first-order valence-electron chi connectivity index (χ1n) is 10.5. The van der Waals surface area contributed by atoms with Gasteiger partial charge in [0.15, 0.2) is 11.5 Å². The number of hydrogen-bond acceptors (Lipinski definition) is 6. The molecular weight excluding hydrogens is 384 g/mol. The van der Waals surface area contributed by atoms with Crippen LogP contribution in [-0.4, -0.2) is 79.3 Å². The number of aromatic nitrogens is 1. The number of ether oxygens (including phenoxy) is 1. The Morgan fingerprint density at radius 1 is 1.10 bits per heavy atom. The first kappa shape index (κ1) is 20.6. The van der Waals surface area contributed by atoms with Gasteiger partial charge in [-0.2, -0.15) is 0 Å². The van der Waals surface area contributed by atoms with Gasteiger partial charge in [0.2, 0.25) is 5.91 Å². The Labute approximate surface area is 176 Å². The van der Waals surface area contributed by atoms with Gasteiger partial charge in [-0.25, -0.2) is 0 Å². The summed E-state index contributed by atoms with van der Waals surface area (Å²) in [5, 5.41) is 6.99. The second-order valence-electron chi connectivity index (χ2n) is 8.05. The van der Waals surface area contributed by atoms with E-state index in [2.05, 4.69) is 15.4 Å². The third-order valence-corrected chi connectivity index (χ3v) is 5.74. The van der Waals surface area contributed by atoms with Crippen LogP contribution >= 0.6 is 0 Å². The largest absolute Gasteiger partial charge is 0.378 e. The van der Waals surface area contributed by atoms with Crippen LogP contribution in [0.25, 0.3) is 11.3 Å². The summed E-state index contributed by atoms with van der Waals surface area (Å²) in [4.78, 5) is 29.6. The molecule has 0 radical (unpaired) electrons. The van der Waals surface area contributed by atoms with Crippen molar-refractivity contribution in [2.45, 2.75) is 18.9 Å². The van der Waals surface area contributed by atoms with Crippen LogP contribution in [0.1, 0.15) is 23.3 Å². The lowest BCUT2D eigenvalue weighted by Crippen LogP contribution is -2.46. The van der Waals surface area contributed by atoms with Crippen molar-refractivity contribution < 1.29 is 18.8 Å². The molecule has 2 aliphatic heterocycles. The normalized spacial score (nSPS) is 23.0. The van der Waals surface area contributed by atoms with Crippen molar-refractivity contribution in [3.8, 4) is 11.3 Å². The number of nitrogens with zero attached hydrogens (tertiary/aromatic N) is 3. The number of carbonyl (C=O) groups is 2. The summed E-state index contributed by atoms with van der Waals surface area (Å²) in [5.41, 5.74) is 1.14. The number of likely N-dealkylation sites (N-methyl/N-ethyl adjacent to an activating group) is 1. The van der Waals surface area contributed by atoms with Gasteiger partial charge in [-0.3, -0.25) is 9.59 Å². The number of hydrogen-bond donors (Lipinski definition) is 1. The summed E-state index contributed by atoms with van der Waals surface area (Å²) >= 11 is 0. The number of benzene rings is 1. The minimum atomic E-state index is -0.253. The van der Waals surface area contributed by atoms with Crippen molar-refractivity contribution >= 4 is 11.8 Å². The molecule has 8 heteroatoms. The summed E-state index contributed by atoms with van der Waals surface area (Å²) in [6.45, 7) is 3.93. The Kier molecular flexibility index (Phi) is 6.44.